The predicted octanol–water partition coefficient (Wildman–Crippen LogP) is 22.0. The molecule has 2 aromatic heterocycles. The molecule has 0 bridgehead atoms. The zero-order chi connectivity index (χ0) is 54.1. The highest BCUT2D eigenvalue weighted by atomic mass is 16.3. The number of allylic oxidation sites excluding steroid dienone is 1. The molecule has 4 nitrogen and oxygen atoms in total. The van der Waals surface area contributed by atoms with Crippen molar-refractivity contribution in [3.8, 4) is 22.3 Å². The molecule has 0 amide bonds. The maximum atomic E-state index is 7.10. The third kappa shape index (κ3) is 6.45. The van der Waals surface area contributed by atoms with Crippen LogP contribution in [-0.4, -0.2) is 0 Å². The van der Waals surface area contributed by atoms with Crippen LogP contribution in [0, 0.1) is 0 Å². The number of fused-ring (bicyclic) bond motifs is 12. The van der Waals surface area contributed by atoms with Crippen LogP contribution in [-0.2, 0) is 17.3 Å². The number of anilines is 6. The molecule has 0 atom stereocenters. The lowest BCUT2D eigenvalue weighted by Gasteiger charge is -2.32. The van der Waals surface area contributed by atoms with Gasteiger partial charge in [-0.15, -0.1) is 0 Å². The molecule has 80 heavy (non-hydrogen) atoms. The Morgan fingerprint density at radius 2 is 0.875 bits per heavy atom. The monoisotopic (exact) mass is 1030 g/mol. The van der Waals surface area contributed by atoms with E-state index < -0.39 is 0 Å². The lowest BCUT2D eigenvalue weighted by molar-refractivity contribution is 0.546. The Bertz CT molecular complexity index is 4800. The first-order valence-electron chi connectivity index (χ1n) is 28.9. The van der Waals surface area contributed by atoms with Gasteiger partial charge in [-0.3, -0.25) is 0 Å². The summed E-state index contributed by atoms with van der Waals surface area (Å²) in [6.07, 6.45) is 6.43. The van der Waals surface area contributed by atoms with Crippen LogP contribution in [0.25, 0.3) is 93.6 Å². The van der Waals surface area contributed by atoms with Crippen molar-refractivity contribution < 1.29 is 8.83 Å². The van der Waals surface area contributed by atoms with E-state index in [1.807, 2.05) is 0 Å². The molecule has 11 aromatic carbocycles. The van der Waals surface area contributed by atoms with Crippen molar-refractivity contribution in [1.29, 1.82) is 0 Å². The molecule has 16 rings (SSSR count). The van der Waals surface area contributed by atoms with E-state index in [-0.39, 0.29) is 22.7 Å². The number of aryl methyl sites for hydroxylation is 1. The van der Waals surface area contributed by atoms with Gasteiger partial charge in [0.05, 0.1) is 22.7 Å². The lowest BCUT2D eigenvalue weighted by Crippen LogP contribution is -2.17. The Labute approximate surface area is 467 Å². The molecule has 2 heterocycles. The van der Waals surface area contributed by atoms with Crippen LogP contribution < -0.4 is 9.80 Å². The second-order valence-corrected chi connectivity index (χ2v) is 24.6. The topological polar surface area (TPSA) is 32.8 Å². The van der Waals surface area contributed by atoms with Gasteiger partial charge in [0.2, 0.25) is 0 Å². The van der Waals surface area contributed by atoms with E-state index in [4.69, 9.17) is 8.83 Å². The van der Waals surface area contributed by atoms with Crippen LogP contribution in [0.15, 0.2) is 197 Å². The Balaban J connectivity index is 1.01. The highest BCUT2D eigenvalue weighted by Gasteiger charge is 2.38. The average molecular weight is 1040 g/mol. The van der Waals surface area contributed by atoms with Crippen molar-refractivity contribution >= 4 is 105 Å². The van der Waals surface area contributed by atoms with Crippen LogP contribution >= 0.6 is 0 Å². The van der Waals surface area contributed by atoms with Crippen molar-refractivity contribution in [2.45, 2.75) is 90.9 Å². The lowest BCUT2D eigenvalue weighted by atomic mass is 9.82. The molecule has 3 aliphatic rings. The van der Waals surface area contributed by atoms with Crippen molar-refractivity contribution in [1.82, 2.24) is 0 Å². The van der Waals surface area contributed by atoms with Crippen molar-refractivity contribution in [2.24, 2.45) is 0 Å². The first kappa shape index (κ1) is 47.2. The molecular formula is C76H62N2O2. The number of hydrogen-bond donors (Lipinski definition) is 0. The van der Waals surface area contributed by atoms with Crippen LogP contribution in [0.3, 0.4) is 0 Å². The molecule has 0 radical (unpaired) electrons. The Morgan fingerprint density at radius 1 is 0.400 bits per heavy atom. The normalized spacial score (nSPS) is 14.8. The Hall–Kier alpha value is -8.86. The zero-order valence-corrected chi connectivity index (χ0v) is 46.8. The summed E-state index contributed by atoms with van der Waals surface area (Å²) >= 11 is 0. The number of nitrogens with zero attached hydrogens (tertiary/aromatic N) is 2. The van der Waals surface area contributed by atoms with E-state index in [2.05, 4.69) is 259 Å². The molecule has 0 saturated carbocycles. The van der Waals surface area contributed by atoms with E-state index >= 15 is 0 Å². The summed E-state index contributed by atoms with van der Waals surface area (Å²) < 4.78 is 14.1. The van der Waals surface area contributed by atoms with E-state index in [1.54, 1.807) is 0 Å². The molecular weight excluding hydrogens is 973 g/mol. The maximum Gasteiger partial charge on any atom is 0.159 e. The second kappa shape index (κ2) is 16.8. The first-order chi connectivity index (χ1) is 38.9. The minimum Gasteiger partial charge on any atom is -0.458 e. The smallest absolute Gasteiger partial charge is 0.159 e. The molecule has 0 spiro atoms. The van der Waals surface area contributed by atoms with Crippen molar-refractivity contribution in [3.63, 3.8) is 0 Å². The summed E-state index contributed by atoms with van der Waals surface area (Å²) in [4.78, 5) is 5.07. The molecule has 0 saturated heterocycles. The molecule has 13 aromatic rings. The van der Waals surface area contributed by atoms with Crippen LogP contribution in [0.4, 0.5) is 34.1 Å². The van der Waals surface area contributed by atoms with Crippen molar-refractivity contribution in [2.75, 3.05) is 9.80 Å². The van der Waals surface area contributed by atoms with Gasteiger partial charge in [0.25, 0.3) is 0 Å². The summed E-state index contributed by atoms with van der Waals surface area (Å²) in [6.45, 7) is 19.0. The Kier molecular flexibility index (Phi) is 9.92. The average Bonchev–Trinajstić information content (AvgIpc) is 3.81. The first-order valence-corrected chi connectivity index (χ1v) is 28.9. The Morgan fingerprint density at radius 3 is 1.44 bits per heavy atom. The summed E-state index contributed by atoms with van der Waals surface area (Å²) in [7, 11) is 0. The SMILES string of the molecule is CC(C)c1cc(N(c2ccc3c(c2)C(C)(C)c2ccccc2-3)c2cccc3c4c(oc23)CCC=C4)c2ccc3c(C(C)C)cc(N(c4ccc5c(c4)C(C)(C)c4ccccc4-5)c4cccc5c4oc4ccccc45)c4ccc1c2c34. The fourth-order valence-corrected chi connectivity index (χ4v) is 14.9. The minimum atomic E-state index is -0.200. The van der Waals surface area contributed by atoms with Gasteiger partial charge in [-0.1, -0.05) is 195 Å². The van der Waals surface area contributed by atoms with Gasteiger partial charge >= 0.3 is 0 Å². The summed E-state index contributed by atoms with van der Waals surface area (Å²) in [6, 6.07) is 68.9. The number of para-hydroxylation sites is 3. The van der Waals surface area contributed by atoms with E-state index in [9.17, 15) is 0 Å². The van der Waals surface area contributed by atoms with Crippen LogP contribution in [0.2, 0.25) is 0 Å². The molecule has 0 unspecified atom stereocenters. The van der Waals surface area contributed by atoms with E-state index in [0.29, 0.717) is 0 Å². The van der Waals surface area contributed by atoms with Gasteiger partial charge < -0.3 is 18.6 Å². The third-order valence-electron chi connectivity index (χ3n) is 18.8. The molecule has 0 aliphatic heterocycles. The summed E-state index contributed by atoms with van der Waals surface area (Å²) in [5.41, 5.74) is 23.3. The largest absolute Gasteiger partial charge is 0.458 e. The highest BCUT2D eigenvalue weighted by Crippen LogP contribution is 2.57. The van der Waals surface area contributed by atoms with Gasteiger partial charge in [0.1, 0.15) is 11.3 Å². The van der Waals surface area contributed by atoms with Gasteiger partial charge in [-0.2, -0.15) is 0 Å². The fraction of sp³-hybridized carbons (Fsp3) is 0.184. The maximum absolute atomic E-state index is 7.10. The third-order valence-corrected chi connectivity index (χ3v) is 18.8. The van der Waals surface area contributed by atoms with Gasteiger partial charge in [-0.25, -0.2) is 0 Å². The van der Waals surface area contributed by atoms with Gasteiger partial charge in [-0.05, 0) is 150 Å². The standard InChI is InChI=1S/C76H62N2O2/c1-43(2)59-41-67(77(65-27-17-23-55-51-21-11-15-29-69(51)79-73(55)65)45-31-33-49-47-19-9-13-25-61(47)75(5,6)63(49)39-45)57-38-36-54-60(44(3)4)42-68(58-37-35-53(59)71(57)72(54)58)78(66-28-18-24-56-52-22-12-16-30-70(52)80-74(56)66)46-32-34-50-48-20-10-14-26-62(48)76(7,8)64(50)40-46/h9-15,17-29,31-44H,16,30H2,1-8H3. The second-order valence-electron chi connectivity index (χ2n) is 24.6. The van der Waals surface area contributed by atoms with E-state index in [1.165, 1.54) is 93.5 Å². The number of benzene rings is 11. The zero-order valence-electron chi connectivity index (χ0n) is 46.8. The minimum absolute atomic E-state index is 0.194. The van der Waals surface area contributed by atoms with Gasteiger partial charge in [0.15, 0.2) is 11.2 Å². The van der Waals surface area contributed by atoms with Crippen LogP contribution in [0.5, 0.6) is 0 Å². The quantitative estimate of drug-likeness (QED) is 0.142. The number of rotatable bonds is 8. The molecule has 388 valence electrons. The number of hydrogen-bond acceptors (Lipinski definition) is 4. The van der Waals surface area contributed by atoms with E-state index in [0.717, 1.165) is 85.6 Å². The van der Waals surface area contributed by atoms with Crippen molar-refractivity contribution in [3.05, 3.63) is 233 Å². The van der Waals surface area contributed by atoms with Gasteiger partial charge in [0, 0.05) is 61.1 Å². The molecule has 3 aliphatic carbocycles. The number of furan rings is 2. The highest BCUT2D eigenvalue weighted by molar-refractivity contribution is 6.30. The summed E-state index contributed by atoms with van der Waals surface area (Å²) in [5.74, 6) is 1.49. The molecule has 4 heteroatoms. The summed E-state index contributed by atoms with van der Waals surface area (Å²) in [5, 5.41) is 10.9. The predicted molar refractivity (Wildman–Crippen MR) is 337 cm³/mol. The van der Waals surface area contributed by atoms with Crippen LogP contribution in [0.1, 0.15) is 118 Å². The fourth-order valence-electron chi connectivity index (χ4n) is 14.9. The molecule has 0 fully saturated rings. The molecule has 0 N–H and O–H groups in total.